The molecule has 0 spiro atoms. The van der Waals surface area contributed by atoms with E-state index < -0.39 is 0 Å². The van der Waals surface area contributed by atoms with Crippen molar-refractivity contribution in [3.8, 4) is 0 Å². The molecule has 20 heavy (non-hydrogen) atoms. The Labute approximate surface area is 117 Å². The summed E-state index contributed by atoms with van der Waals surface area (Å²) in [5.74, 6) is 0.589. The van der Waals surface area contributed by atoms with Crippen molar-refractivity contribution in [3.05, 3.63) is 46.6 Å². The van der Waals surface area contributed by atoms with Gasteiger partial charge in [-0.1, -0.05) is 13.0 Å². The van der Waals surface area contributed by atoms with E-state index in [-0.39, 0.29) is 5.91 Å². The summed E-state index contributed by atoms with van der Waals surface area (Å²) < 4.78 is 0. The van der Waals surface area contributed by atoms with Crippen LogP contribution in [0.3, 0.4) is 0 Å². The quantitative estimate of drug-likeness (QED) is 0.797. The van der Waals surface area contributed by atoms with Gasteiger partial charge in [0, 0.05) is 17.7 Å². The maximum absolute atomic E-state index is 12.3. The molecule has 5 heteroatoms. The predicted octanol–water partition coefficient (Wildman–Crippen LogP) is 1.87. The van der Waals surface area contributed by atoms with Crippen molar-refractivity contribution in [3.63, 3.8) is 0 Å². The Morgan fingerprint density at radius 3 is 3.15 bits per heavy atom. The Bertz CT molecular complexity index is 633. The molecule has 3 rings (SSSR count). The number of hydrogen-bond acceptors (Lipinski definition) is 3. The number of nitrogens with one attached hydrogen (secondary N) is 3. The van der Waals surface area contributed by atoms with Gasteiger partial charge in [-0.25, -0.2) is 0 Å². The molecule has 0 saturated carbocycles. The number of hydrogen-bond donors (Lipinski definition) is 3. The molecule has 0 radical (unpaired) electrons. The first kappa shape index (κ1) is 12.9. The second kappa shape index (κ2) is 5.46. The van der Waals surface area contributed by atoms with Crippen LogP contribution in [0.1, 0.15) is 34.0 Å². The largest absolute Gasteiger partial charge is 0.312 e. The van der Waals surface area contributed by atoms with Gasteiger partial charge in [0.15, 0.2) is 0 Å². The lowest BCUT2D eigenvalue weighted by Gasteiger charge is -2.17. The third-order valence-electron chi connectivity index (χ3n) is 3.69. The minimum atomic E-state index is -0.0997. The summed E-state index contributed by atoms with van der Waals surface area (Å²) in [5.41, 5.74) is 4.24. The second-order valence-corrected chi connectivity index (χ2v) is 4.99. The van der Waals surface area contributed by atoms with Crippen molar-refractivity contribution in [2.24, 2.45) is 0 Å². The molecule has 0 aliphatic carbocycles. The molecule has 1 aliphatic heterocycles. The number of amides is 1. The minimum absolute atomic E-state index is 0.0997. The fourth-order valence-corrected chi connectivity index (χ4v) is 2.49. The van der Waals surface area contributed by atoms with Gasteiger partial charge in [0.05, 0.1) is 6.20 Å². The number of aromatic amines is 1. The molecule has 3 N–H and O–H groups in total. The summed E-state index contributed by atoms with van der Waals surface area (Å²) in [6, 6.07) is 5.92. The summed E-state index contributed by atoms with van der Waals surface area (Å²) in [6.45, 7) is 3.87. The van der Waals surface area contributed by atoms with E-state index in [0.29, 0.717) is 11.4 Å². The first-order valence-corrected chi connectivity index (χ1v) is 6.94. The number of nitrogens with zero attached hydrogens (tertiary/aromatic N) is 1. The van der Waals surface area contributed by atoms with Crippen molar-refractivity contribution >= 4 is 11.7 Å². The number of fused-ring (bicyclic) bond motifs is 1. The summed E-state index contributed by atoms with van der Waals surface area (Å²) in [5, 5.41) is 13.0. The monoisotopic (exact) mass is 270 g/mol. The van der Waals surface area contributed by atoms with Crippen LogP contribution >= 0.6 is 0 Å². The summed E-state index contributed by atoms with van der Waals surface area (Å²) >= 11 is 0. The van der Waals surface area contributed by atoms with Crippen LogP contribution in [0.4, 0.5) is 5.82 Å². The summed E-state index contributed by atoms with van der Waals surface area (Å²) in [7, 11) is 0. The molecule has 1 aromatic carbocycles. The van der Waals surface area contributed by atoms with Gasteiger partial charge < -0.3 is 10.6 Å². The van der Waals surface area contributed by atoms with Crippen LogP contribution in [0.5, 0.6) is 0 Å². The molecule has 104 valence electrons. The molecule has 0 fully saturated rings. The van der Waals surface area contributed by atoms with Crippen molar-refractivity contribution < 1.29 is 4.79 Å². The number of aromatic nitrogens is 2. The fraction of sp³-hybridized carbons (Fsp3) is 0.333. The first-order valence-electron chi connectivity index (χ1n) is 6.94. The van der Waals surface area contributed by atoms with Crippen LogP contribution < -0.4 is 10.6 Å². The van der Waals surface area contributed by atoms with Crippen LogP contribution in [-0.2, 0) is 19.4 Å². The zero-order valence-electron chi connectivity index (χ0n) is 11.5. The molecule has 1 amide bonds. The number of anilines is 1. The number of carbonyl (C=O) groups is 1. The van der Waals surface area contributed by atoms with E-state index in [2.05, 4.69) is 26.9 Å². The van der Waals surface area contributed by atoms with E-state index >= 15 is 0 Å². The van der Waals surface area contributed by atoms with Crippen molar-refractivity contribution in [2.45, 2.75) is 26.3 Å². The number of aryl methyl sites for hydroxylation is 1. The van der Waals surface area contributed by atoms with Crippen LogP contribution in [-0.4, -0.2) is 22.6 Å². The van der Waals surface area contributed by atoms with Gasteiger partial charge in [0.1, 0.15) is 5.82 Å². The van der Waals surface area contributed by atoms with Crippen molar-refractivity contribution in [2.75, 3.05) is 11.9 Å². The third-order valence-corrected chi connectivity index (χ3v) is 3.69. The van der Waals surface area contributed by atoms with Gasteiger partial charge in [-0.05, 0) is 42.6 Å². The van der Waals surface area contributed by atoms with Crippen LogP contribution in [0, 0.1) is 0 Å². The molecular formula is C15H18N4O. The SMILES string of the molecule is CCc1cn[nH]c1NC(=O)c1ccc2c(c1)CNCC2. The summed E-state index contributed by atoms with van der Waals surface area (Å²) in [6.07, 6.45) is 3.60. The average molecular weight is 270 g/mol. The third kappa shape index (κ3) is 2.44. The Morgan fingerprint density at radius 2 is 2.30 bits per heavy atom. The molecule has 1 aliphatic rings. The van der Waals surface area contributed by atoms with Crippen LogP contribution in [0.25, 0.3) is 0 Å². The Morgan fingerprint density at radius 1 is 1.40 bits per heavy atom. The molecular weight excluding hydrogens is 252 g/mol. The predicted molar refractivity (Wildman–Crippen MR) is 77.8 cm³/mol. The highest BCUT2D eigenvalue weighted by atomic mass is 16.1. The van der Waals surface area contributed by atoms with E-state index in [0.717, 1.165) is 31.5 Å². The summed E-state index contributed by atoms with van der Waals surface area (Å²) in [4.78, 5) is 12.3. The van der Waals surface area contributed by atoms with Crippen LogP contribution in [0.15, 0.2) is 24.4 Å². The molecule has 1 aromatic heterocycles. The Kier molecular flexibility index (Phi) is 3.52. The fourth-order valence-electron chi connectivity index (χ4n) is 2.49. The topological polar surface area (TPSA) is 69.8 Å². The molecule has 5 nitrogen and oxygen atoms in total. The maximum Gasteiger partial charge on any atom is 0.256 e. The smallest absolute Gasteiger partial charge is 0.256 e. The normalized spacial score (nSPS) is 13.8. The van der Waals surface area contributed by atoms with E-state index in [9.17, 15) is 4.79 Å². The number of rotatable bonds is 3. The second-order valence-electron chi connectivity index (χ2n) is 4.99. The zero-order valence-corrected chi connectivity index (χ0v) is 11.5. The van der Waals surface area contributed by atoms with Gasteiger partial charge in [-0.2, -0.15) is 5.10 Å². The van der Waals surface area contributed by atoms with Gasteiger partial charge in [0.2, 0.25) is 0 Å². The minimum Gasteiger partial charge on any atom is -0.312 e. The number of carbonyl (C=O) groups excluding carboxylic acids is 1. The molecule has 0 saturated heterocycles. The van der Waals surface area contributed by atoms with E-state index in [1.807, 2.05) is 19.1 Å². The first-order chi connectivity index (χ1) is 9.78. The molecule has 0 unspecified atom stereocenters. The van der Waals surface area contributed by atoms with Gasteiger partial charge in [-0.3, -0.25) is 9.89 Å². The van der Waals surface area contributed by atoms with E-state index in [1.165, 1.54) is 11.1 Å². The number of H-pyrrole nitrogens is 1. The van der Waals surface area contributed by atoms with Gasteiger partial charge in [0.25, 0.3) is 5.91 Å². The molecule has 2 aromatic rings. The lowest BCUT2D eigenvalue weighted by Crippen LogP contribution is -2.24. The van der Waals surface area contributed by atoms with Crippen LogP contribution in [0.2, 0.25) is 0 Å². The lowest BCUT2D eigenvalue weighted by atomic mass is 9.98. The molecule has 0 bridgehead atoms. The number of benzene rings is 1. The van der Waals surface area contributed by atoms with Gasteiger partial charge in [-0.15, -0.1) is 0 Å². The van der Waals surface area contributed by atoms with Crippen molar-refractivity contribution in [1.82, 2.24) is 15.5 Å². The highest BCUT2D eigenvalue weighted by Crippen LogP contribution is 2.18. The highest BCUT2D eigenvalue weighted by Gasteiger charge is 2.14. The maximum atomic E-state index is 12.3. The molecule has 0 atom stereocenters. The molecule has 2 heterocycles. The van der Waals surface area contributed by atoms with E-state index in [1.54, 1.807) is 6.20 Å². The zero-order chi connectivity index (χ0) is 13.9. The van der Waals surface area contributed by atoms with E-state index in [4.69, 9.17) is 0 Å². The Balaban J connectivity index is 1.80. The van der Waals surface area contributed by atoms with Crippen molar-refractivity contribution in [1.29, 1.82) is 0 Å². The Hall–Kier alpha value is -2.14. The average Bonchev–Trinajstić information content (AvgIpc) is 2.94. The standard InChI is InChI=1S/C15H18N4O/c1-2-10-9-17-19-14(10)18-15(20)12-4-3-11-5-6-16-8-13(11)7-12/h3-4,7,9,16H,2,5-6,8H2,1H3,(H2,17,18,19,20). The highest BCUT2D eigenvalue weighted by molar-refractivity contribution is 6.04. The lowest BCUT2D eigenvalue weighted by molar-refractivity contribution is 0.102. The van der Waals surface area contributed by atoms with Gasteiger partial charge >= 0.3 is 0 Å².